The zero-order valence-corrected chi connectivity index (χ0v) is 15.3. The summed E-state index contributed by atoms with van der Waals surface area (Å²) in [5.41, 5.74) is -0.192. The average molecular weight is 383 g/mol. The maximum Gasteiger partial charge on any atom is 0.449 e. The number of cyclic esters (lactones) is 1. The number of nitrogens with zero attached hydrogens (tertiary/aromatic N) is 1. The van der Waals surface area contributed by atoms with Gasteiger partial charge in [0.25, 0.3) is 0 Å². The number of rotatable bonds is 8. The van der Waals surface area contributed by atoms with Gasteiger partial charge in [-0.05, 0) is 18.4 Å². The molecule has 1 heterocycles. The van der Waals surface area contributed by atoms with E-state index in [1.807, 2.05) is 6.07 Å². The van der Waals surface area contributed by atoms with Crippen LogP contribution in [0.15, 0.2) is 46.7 Å². The van der Waals surface area contributed by atoms with Crippen molar-refractivity contribution >= 4 is 11.7 Å². The van der Waals surface area contributed by atoms with Crippen molar-refractivity contribution in [3.8, 4) is 0 Å². The highest BCUT2D eigenvalue weighted by atomic mass is 19.4. The lowest BCUT2D eigenvalue weighted by Gasteiger charge is -2.11. The number of esters is 1. The lowest BCUT2D eigenvalue weighted by atomic mass is 10.0. The Morgan fingerprint density at radius 1 is 1.15 bits per heavy atom. The first-order valence-corrected chi connectivity index (χ1v) is 9.14. The Hall–Kier alpha value is -2.31. The van der Waals surface area contributed by atoms with Gasteiger partial charge in [0.15, 0.2) is 0 Å². The van der Waals surface area contributed by atoms with Gasteiger partial charge in [-0.25, -0.2) is 4.79 Å². The van der Waals surface area contributed by atoms with Gasteiger partial charge in [0.2, 0.25) is 5.76 Å². The second-order valence-electron chi connectivity index (χ2n) is 6.51. The van der Waals surface area contributed by atoms with Gasteiger partial charge in [0.1, 0.15) is 11.7 Å². The third-order valence-corrected chi connectivity index (χ3v) is 4.36. The van der Waals surface area contributed by atoms with Crippen LogP contribution >= 0.6 is 0 Å². The smallest absolute Gasteiger partial charge is 0.449 e. The van der Waals surface area contributed by atoms with Gasteiger partial charge >= 0.3 is 12.1 Å². The molecule has 0 saturated carbocycles. The molecule has 0 spiro atoms. The zero-order chi connectivity index (χ0) is 19.9. The molecule has 4 nitrogen and oxygen atoms in total. The third-order valence-electron chi connectivity index (χ3n) is 4.36. The van der Waals surface area contributed by atoms with E-state index >= 15 is 0 Å². The summed E-state index contributed by atoms with van der Waals surface area (Å²) >= 11 is 0. The Labute approximate surface area is 156 Å². The van der Waals surface area contributed by atoms with Crippen molar-refractivity contribution < 1.29 is 27.8 Å². The molecule has 0 amide bonds. The maximum absolute atomic E-state index is 13.0. The number of aliphatic hydroxyl groups is 1. The van der Waals surface area contributed by atoms with Gasteiger partial charge < -0.3 is 9.84 Å². The molecule has 27 heavy (non-hydrogen) atoms. The van der Waals surface area contributed by atoms with Crippen LogP contribution in [0.2, 0.25) is 0 Å². The molecular weight excluding hydrogens is 359 g/mol. The molecule has 2 rings (SSSR count). The zero-order valence-electron chi connectivity index (χ0n) is 15.3. The number of halogens is 3. The van der Waals surface area contributed by atoms with Gasteiger partial charge in [0, 0.05) is 0 Å². The second kappa shape index (κ2) is 9.58. The number of allylic oxidation sites excluding steroid dienone is 1. The molecule has 1 aromatic rings. The van der Waals surface area contributed by atoms with Crippen LogP contribution < -0.4 is 0 Å². The summed E-state index contributed by atoms with van der Waals surface area (Å²) in [6.07, 6.45) is -0.712. The largest absolute Gasteiger partial charge is 0.504 e. The van der Waals surface area contributed by atoms with E-state index in [2.05, 4.69) is 11.9 Å². The van der Waals surface area contributed by atoms with Crippen LogP contribution in [0.4, 0.5) is 13.2 Å². The number of hydrogen-bond acceptors (Lipinski definition) is 4. The quantitative estimate of drug-likeness (QED) is 0.287. The Morgan fingerprint density at radius 3 is 2.44 bits per heavy atom. The molecule has 1 N–H and O–H groups in total. The topological polar surface area (TPSA) is 58.9 Å². The predicted octanol–water partition coefficient (Wildman–Crippen LogP) is 5.29. The van der Waals surface area contributed by atoms with E-state index in [0.717, 1.165) is 31.2 Å². The molecule has 0 aliphatic carbocycles. The maximum atomic E-state index is 13.0. The van der Waals surface area contributed by atoms with Crippen molar-refractivity contribution in [3.63, 3.8) is 0 Å². The van der Waals surface area contributed by atoms with E-state index in [-0.39, 0.29) is 12.3 Å². The monoisotopic (exact) mass is 383 g/mol. The number of aliphatic imine (C=N–C) groups is 1. The molecule has 1 fully saturated rings. The SMILES string of the molecule is CCCCCCCC1OC(=O)/C(=C(/O)C(F)(F)F)C1=NCc1ccccc1. The van der Waals surface area contributed by atoms with Gasteiger partial charge in [-0.3, -0.25) is 4.99 Å². The highest BCUT2D eigenvalue weighted by molar-refractivity contribution is 6.26. The molecule has 1 aliphatic rings. The summed E-state index contributed by atoms with van der Waals surface area (Å²) in [6.45, 7) is 2.19. The molecule has 0 aromatic heterocycles. The number of carbonyl (C=O) groups excluding carboxylic acids is 1. The van der Waals surface area contributed by atoms with Crippen LogP contribution in [0.1, 0.15) is 51.0 Å². The Bertz CT molecular complexity index is 696. The third kappa shape index (κ3) is 5.84. The number of aliphatic hydroxyl groups excluding tert-OH is 1. The van der Waals surface area contributed by atoms with Crippen molar-refractivity contribution in [2.75, 3.05) is 0 Å². The molecule has 0 radical (unpaired) electrons. The van der Waals surface area contributed by atoms with Gasteiger partial charge in [-0.1, -0.05) is 62.9 Å². The predicted molar refractivity (Wildman–Crippen MR) is 96.5 cm³/mol. The fourth-order valence-corrected chi connectivity index (χ4v) is 2.94. The van der Waals surface area contributed by atoms with Crippen molar-refractivity contribution in [2.45, 2.75) is 64.3 Å². The number of benzene rings is 1. The van der Waals surface area contributed by atoms with Crippen LogP contribution in [0.5, 0.6) is 0 Å². The molecule has 1 aromatic carbocycles. The highest BCUT2D eigenvalue weighted by Crippen LogP contribution is 2.32. The van der Waals surface area contributed by atoms with Crippen LogP contribution in [-0.2, 0) is 16.1 Å². The fourth-order valence-electron chi connectivity index (χ4n) is 2.94. The number of hydrogen-bond donors (Lipinski definition) is 1. The minimum Gasteiger partial charge on any atom is -0.504 e. The Morgan fingerprint density at radius 2 is 1.81 bits per heavy atom. The first kappa shape index (κ1) is 21.0. The first-order chi connectivity index (χ1) is 12.8. The van der Waals surface area contributed by atoms with E-state index in [4.69, 9.17) is 4.74 Å². The molecule has 1 unspecified atom stereocenters. The molecule has 1 aliphatic heterocycles. The van der Waals surface area contributed by atoms with Crippen LogP contribution in [0.25, 0.3) is 0 Å². The molecule has 1 atom stereocenters. The average Bonchev–Trinajstić information content (AvgIpc) is 2.94. The van der Waals surface area contributed by atoms with Crippen LogP contribution in [0.3, 0.4) is 0 Å². The summed E-state index contributed by atoms with van der Waals surface area (Å²) in [6, 6.07) is 8.98. The number of ether oxygens (including phenoxy) is 1. The summed E-state index contributed by atoms with van der Waals surface area (Å²) in [4.78, 5) is 16.2. The lowest BCUT2D eigenvalue weighted by molar-refractivity contribution is -0.141. The first-order valence-electron chi connectivity index (χ1n) is 9.14. The Kier molecular flexibility index (Phi) is 7.45. The molecular formula is C20H24F3NO3. The van der Waals surface area contributed by atoms with Crippen molar-refractivity contribution in [3.05, 3.63) is 47.2 Å². The van der Waals surface area contributed by atoms with Gasteiger partial charge in [-0.2, -0.15) is 13.2 Å². The summed E-state index contributed by atoms with van der Waals surface area (Å²) < 4.78 is 44.0. The lowest BCUT2D eigenvalue weighted by Crippen LogP contribution is -2.21. The highest BCUT2D eigenvalue weighted by Gasteiger charge is 2.46. The van der Waals surface area contributed by atoms with Crippen LogP contribution in [0, 0.1) is 0 Å². The Balaban J connectivity index is 2.23. The van der Waals surface area contributed by atoms with Crippen molar-refractivity contribution in [1.29, 1.82) is 0 Å². The van der Waals surface area contributed by atoms with Gasteiger partial charge in [0.05, 0.1) is 12.3 Å². The second-order valence-corrected chi connectivity index (χ2v) is 6.51. The molecule has 7 heteroatoms. The minimum atomic E-state index is -5.03. The summed E-state index contributed by atoms with van der Waals surface area (Å²) in [5.74, 6) is -3.11. The van der Waals surface area contributed by atoms with E-state index in [1.54, 1.807) is 24.3 Å². The van der Waals surface area contributed by atoms with Crippen molar-refractivity contribution in [1.82, 2.24) is 0 Å². The summed E-state index contributed by atoms with van der Waals surface area (Å²) in [7, 11) is 0. The van der Waals surface area contributed by atoms with Crippen LogP contribution in [-0.4, -0.2) is 29.1 Å². The molecule has 148 valence electrons. The van der Waals surface area contributed by atoms with Crippen molar-refractivity contribution in [2.24, 2.45) is 4.99 Å². The molecule has 0 bridgehead atoms. The standard InChI is InChI=1S/C20H24F3NO3/c1-2-3-4-5-9-12-15-17(24-13-14-10-7-6-8-11-14)16(19(26)27-15)18(25)20(21,22)23/h6-8,10-11,15,25H,2-5,9,12-13H2,1H3/b18-16+,24-17?. The minimum absolute atomic E-state index is 0.105. The van der Waals surface area contributed by atoms with E-state index in [1.165, 1.54) is 0 Å². The van der Waals surface area contributed by atoms with Gasteiger partial charge in [-0.15, -0.1) is 0 Å². The number of unbranched alkanes of at least 4 members (excludes halogenated alkanes) is 4. The van der Waals surface area contributed by atoms with E-state index < -0.39 is 29.6 Å². The number of carbonyl (C=O) groups is 1. The molecule has 1 saturated heterocycles. The normalized spacial score (nSPS) is 20.8. The fraction of sp³-hybridized carbons (Fsp3) is 0.500. The van der Waals surface area contributed by atoms with E-state index in [0.29, 0.717) is 12.8 Å². The summed E-state index contributed by atoms with van der Waals surface area (Å²) in [5, 5.41) is 9.56. The van der Waals surface area contributed by atoms with E-state index in [9.17, 15) is 23.1 Å². The number of alkyl halides is 3.